The molecule has 4 heteroatoms. The molecule has 0 aromatic carbocycles. The van der Waals surface area contributed by atoms with Crippen LogP contribution < -0.4 is 0 Å². The lowest BCUT2D eigenvalue weighted by molar-refractivity contribution is 5.75. The van der Waals surface area contributed by atoms with Crippen LogP contribution in [0.25, 0.3) is 0 Å². The second-order valence-corrected chi connectivity index (χ2v) is 11.7. The van der Waals surface area contributed by atoms with Crippen LogP contribution in [0.4, 0.5) is 0 Å². The standard InChI is InChI=1S/HIP2S/c1-3(2)4/h2H. The molecule has 0 rings (SSSR count). The van der Waals surface area contributed by atoms with Crippen molar-refractivity contribution in [2.45, 2.75) is 0 Å². The van der Waals surface area contributed by atoms with Crippen molar-refractivity contribution in [3.05, 3.63) is 0 Å². The smallest absolute Gasteiger partial charge is 0.204 e. The molecule has 0 bridgehead atoms. The van der Waals surface area contributed by atoms with E-state index in [9.17, 15) is 0 Å². The third-order valence-electron chi connectivity index (χ3n) is 0. The van der Waals surface area contributed by atoms with Gasteiger partial charge in [-0.15, -0.1) is 0 Å². The van der Waals surface area contributed by atoms with Gasteiger partial charge in [0.25, 0.3) is 0 Å². The molecule has 0 nitrogen and oxygen atoms in total. The molecule has 0 spiro atoms. The van der Waals surface area contributed by atoms with E-state index in [0.29, 0.717) is 0 Å². The SMILES string of the molecule is P=[P+]([S-])I. The lowest BCUT2D eigenvalue weighted by Crippen LogP contribution is -0.975. The Labute approximate surface area is 46.8 Å². The predicted molar refractivity (Wildman–Crippen MR) is 36.6 cm³/mol. The van der Waals surface area contributed by atoms with Gasteiger partial charge in [-0.2, -0.15) is 0 Å². The van der Waals surface area contributed by atoms with Gasteiger partial charge in [-0.3, -0.25) is 0 Å². The van der Waals surface area contributed by atoms with E-state index in [1.807, 2.05) is 0 Å². The third-order valence-corrected chi connectivity index (χ3v) is 0. The zero-order valence-corrected chi connectivity index (χ0v) is 6.60. The molecular weight excluding hydrogens is 221 g/mol. The highest BCUT2D eigenvalue weighted by molar-refractivity contribution is 14.2. The lowest BCUT2D eigenvalue weighted by Gasteiger charge is -1.64. The number of halogens is 1. The van der Waals surface area contributed by atoms with Crippen molar-refractivity contribution < 1.29 is 0 Å². The van der Waals surface area contributed by atoms with Crippen molar-refractivity contribution in [1.29, 1.82) is 0 Å². The number of rotatable bonds is 0. The molecule has 0 radical (unpaired) electrons. The molecule has 0 aromatic rings. The second kappa shape index (κ2) is 2.89. The van der Waals surface area contributed by atoms with E-state index in [0.717, 1.165) is 0 Å². The molecule has 0 saturated heterocycles. The van der Waals surface area contributed by atoms with E-state index in [4.69, 9.17) is 0 Å². The van der Waals surface area contributed by atoms with Crippen LogP contribution in [0.2, 0.25) is 0 Å². The van der Waals surface area contributed by atoms with Gasteiger partial charge in [-0.05, 0) is 0 Å². The Morgan fingerprint density at radius 2 is 2.00 bits per heavy atom. The van der Waals surface area contributed by atoms with E-state index in [-0.39, 0.29) is 4.05 Å². The summed E-state index contributed by atoms with van der Waals surface area (Å²) in [5.41, 5.74) is 0. The summed E-state index contributed by atoms with van der Waals surface area (Å²) in [4.78, 5) is 0. The maximum atomic E-state index is 4.59. The molecule has 0 heterocycles. The normalized spacial score (nSPS) is 11.0. The third kappa shape index (κ3) is 9.36. The Bertz CT molecular complexity index is 29.0. The maximum absolute atomic E-state index is 4.59. The van der Waals surface area contributed by atoms with Gasteiger partial charge in [0.1, 0.15) is 0 Å². The van der Waals surface area contributed by atoms with E-state index < -0.39 is 0 Å². The van der Waals surface area contributed by atoms with Gasteiger partial charge in [-0.25, -0.2) is 0 Å². The molecule has 0 N–H and O–H groups in total. The molecule has 1 atom stereocenters. The average Bonchev–Trinajstić information content (AvgIpc) is 0.811. The van der Waals surface area contributed by atoms with Gasteiger partial charge < -0.3 is 12.2 Å². The highest BCUT2D eigenvalue weighted by Crippen LogP contribution is 2.33. The highest BCUT2D eigenvalue weighted by Gasteiger charge is 1.59. The van der Waals surface area contributed by atoms with Crippen molar-refractivity contribution in [1.82, 2.24) is 0 Å². The van der Waals surface area contributed by atoms with Crippen LogP contribution in [-0.4, -0.2) is 0 Å². The van der Waals surface area contributed by atoms with Crippen molar-refractivity contribution in [3.8, 4) is 0 Å². The molecule has 1 unspecified atom stereocenters. The summed E-state index contributed by atoms with van der Waals surface area (Å²) in [6.45, 7) is 0. The summed E-state index contributed by atoms with van der Waals surface area (Å²) >= 11 is 6.72. The first kappa shape index (κ1) is 5.68. The van der Waals surface area contributed by atoms with Crippen LogP contribution in [0.3, 0.4) is 0 Å². The molecule has 0 aliphatic carbocycles. The Balaban J connectivity index is 2.80. The van der Waals surface area contributed by atoms with Crippen LogP contribution in [0.1, 0.15) is 0 Å². The van der Waals surface area contributed by atoms with Crippen LogP contribution in [0.5, 0.6) is 0 Å². The Morgan fingerprint density at radius 3 is 2.00 bits per heavy atom. The van der Waals surface area contributed by atoms with Crippen molar-refractivity contribution >= 4 is 46.9 Å². The largest absolute Gasteiger partial charge is 0.480 e. The fourth-order valence-electron chi connectivity index (χ4n) is 0. The van der Waals surface area contributed by atoms with Gasteiger partial charge in [0, 0.05) is 4.05 Å². The molecule has 0 aromatic heterocycles. The Morgan fingerprint density at radius 1 is 2.00 bits per heavy atom. The topological polar surface area (TPSA) is 0 Å². The quantitative estimate of drug-likeness (QED) is 0.344. The summed E-state index contributed by atoms with van der Waals surface area (Å²) < 4.78 is -0.261. The molecule has 0 amide bonds. The molecule has 0 fully saturated rings. The molecule has 24 valence electrons. The zero-order valence-electron chi connectivity index (χ0n) is 1.73. The fourth-order valence-corrected chi connectivity index (χ4v) is 0. The van der Waals surface area contributed by atoms with Crippen LogP contribution in [-0.2, 0) is 12.2 Å². The van der Waals surface area contributed by atoms with Gasteiger partial charge >= 0.3 is 0 Å². The minimum atomic E-state index is -0.261. The summed E-state index contributed by atoms with van der Waals surface area (Å²) in [5.74, 6) is 0. The van der Waals surface area contributed by atoms with Gasteiger partial charge in [0.2, 0.25) is 22.0 Å². The summed E-state index contributed by atoms with van der Waals surface area (Å²) in [5, 5.41) is 0. The van der Waals surface area contributed by atoms with Crippen LogP contribution in [0, 0.1) is 0 Å². The summed E-state index contributed by atoms with van der Waals surface area (Å²) in [6.07, 6.45) is 0. The van der Waals surface area contributed by atoms with Crippen molar-refractivity contribution in [2.24, 2.45) is 0 Å². The molecule has 4 heavy (non-hydrogen) atoms. The predicted octanol–water partition coefficient (Wildman–Crippen LogP) is 2.34. The lowest BCUT2D eigenvalue weighted by atomic mass is 30.0. The molecule has 0 saturated carbocycles. The molecule has 0 aliphatic rings. The minimum Gasteiger partial charge on any atom is -0.480 e. The highest BCUT2D eigenvalue weighted by atomic mass is 127. The van der Waals surface area contributed by atoms with Crippen molar-refractivity contribution in [3.63, 3.8) is 0 Å². The zero-order chi connectivity index (χ0) is 3.58. The second-order valence-electron chi connectivity index (χ2n) is 0.245. The Kier molecular flexibility index (Phi) is 4.11. The van der Waals surface area contributed by atoms with Crippen LogP contribution in [0.15, 0.2) is 0 Å². The van der Waals surface area contributed by atoms with Crippen molar-refractivity contribution in [2.75, 3.05) is 0 Å². The average molecular weight is 222 g/mol. The Hall–Kier alpha value is 1.68. The first-order chi connectivity index (χ1) is 1.73. The number of hydrogen-bond acceptors (Lipinski definition) is 1. The summed E-state index contributed by atoms with van der Waals surface area (Å²) in [6, 6.07) is 0. The summed E-state index contributed by atoms with van der Waals surface area (Å²) in [7, 11) is 3.18. The first-order valence-electron chi connectivity index (χ1n) is 0.575. The monoisotopic (exact) mass is 222 g/mol. The van der Waals surface area contributed by atoms with E-state index in [1.165, 1.54) is 0 Å². The first-order valence-corrected chi connectivity index (χ1v) is 7.06. The fraction of sp³-hybridized carbons (Fsp3) is 0. The van der Waals surface area contributed by atoms with E-state index in [1.54, 1.807) is 0 Å². The molecule has 0 aliphatic heterocycles. The maximum Gasteiger partial charge on any atom is 0.204 e. The van der Waals surface area contributed by atoms with Gasteiger partial charge in [-0.1, -0.05) is 0 Å². The van der Waals surface area contributed by atoms with Gasteiger partial charge in [0.15, 0.2) is 0 Å². The molecular formula is HIP2S. The minimum absolute atomic E-state index is 0.261. The number of hydrogen-bond donors (Lipinski definition) is 0. The van der Waals surface area contributed by atoms with Crippen LogP contribution >= 0.6 is 34.6 Å². The van der Waals surface area contributed by atoms with E-state index in [2.05, 4.69) is 42.8 Å². The van der Waals surface area contributed by atoms with E-state index >= 15 is 0 Å². The van der Waals surface area contributed by atoms with Gasteiger partial charge in [0.05, 0.1) is 8.53 Å².